The summed E-state index contributed by atoms with van der Waals surface area (Å²) in [6.07, 6.45) is 11.3. The molecule has 0 unspecified atom stereocenters. The van der Waals surface area contributed by atoms with E-state index in [1.807, 2.05) is 0 Å². The number of rotatable bonds is 7. The second-order valence-electron chi connectivity index (χ2n) is 8.33. The van der Waals surface area contributed by atoms with Gasteiger partial charge in [0, 0.05) is 26.2 Å². The average Bonchev–Trinajstić information content (AvgIpc) is 3.16. The number of halogens is 2. The average molecular weight is 431 g/mol. The van der Waals surface area contributed by atoms with Gasteiger partial charge >= 0.3 is 0 Å². The van der Waals surface area contributed by atoms with E-state index in [9.17, 15) is 0 Å². The molecular weight excluding hydrogens is 395 g/mol. The van der Waals surface area contributed by atoms with E-state index in [4.69, 9.17) is 9.47 Å². The van der Waals surface area contributed by atoms with Gasteiger partial charge < -0.3 is 14.4 Å². The van der Waals surface area contributed by atoms with Crippen LogP contribution in [0.1, 0.15) is 56.9 Å². The van der Waals surface area contributed by atoms with Crippen LogP contribution >= 0.6 is 24.8 Å². The minimum absolute atomic E-state index is 0. The molecule has 1 saturated heterocycles. The molecule has 28 heavy (non-hydrogen) atoms. The lowest BCUT2D eigenvalue weighted by atomic mass is 9.89. The van der Waals surface area contributed by atoms with E-state index >= 15 is 0 Å². The molecule has 6 heteroatoms. The fourth-order valence-electron chi connectivity index (χ4n) is 4.73. The van der Waals surface area contributed by atoms with Crippen LogP contribution in [0, 0.1) is 5.92 Å². The minimum atomic E-state index is 0. The smallest absolute Gasteiger partial charge is 0.231 e. The summed E-state index contributed by atoms with van der Waals surface area (Å²) in [5, 5.41) is 0. The van der Waals surface area contributed by atoms with E-state index < -0.39 is 0 Å². The monoisotopic (exact) mass is 430 g/mol. The predicted molar refractivity (Wildman–Crippen MR) is 119 cm³/mol. The van der Waals surface area contributed by atoms with Crippen LogP contribution < -0.4 is 9.47 Å². The third-order valence-corrected chi connectivity index (χ3v) is 6.27. The van der Waals surface area contributed by atoms with E-state index in [0.717, 1.165) is 24.0 Å². The number of piperidine rings is 1. The maximum absolute atomic E-state index is 5.58. The molecule has 0 bridgehead atoms. The number of nitrogens with zero attached hydrogens (tertiary/aromatic N) is 2. The van der Waals surface area contributed by atoms with Crippen LogP contribution in [-0.4, -0.2) is 49.3 Å². The SMILES string of the molecule is Cl.Cl.c1cc2c(cc1CN(CCN1CCCCC1)CC1CCCCC1)OCO2. The molecule has 1 aromatic rings. The zero-order valence-electron chi connectivity index (χ0n) is 16.9. The summed E-state index contributed by atoms with van der Waals surface area (Å²) in [6.45, 7) is 7.63. The largest absolute Gasteiger partial charge is 0.454 e. The standard InChI is InChI=1S/C22H34N2O2.2ClH/c1-3-7-19(8-4-1)16-24(14-13-23-11-5-2-6-12-23)17-20-9-10-21-22(15-20)26-18-25-21;;/h9-10,15,19H,1-8,11-14,16-18H2;2*1H. The first kappa shape index (κ1) is 23.6. The van der Waals surface area contributed by atoms with Crippen molar-refractivity contribution in [1.82, 2.24) is 9.80 Å². The highest BCUT2D eigenvalue weighted by molar-refractivity contribution is 5.85. The lowest BCUT2D eigenvalue weighted by molar-refractivity contribution is 0.151. The molecule has 4 rings (SSSR count). The molecule has 2 fully saturated rings. The van der Waals surface area contributed by atoms with Crippen LogP contribution in [0.4, 0.5) is 0 Å². The van der Waals surface area contributed by atoms with Gasteiger partial charge in [-0.05, 0) is 62.4 Å². The Morgan fingerprint density at radius 1 is 0.893 bits per heavy atom. The molecule has 3 aliphatic rings. The van der Waals surface area contributed by atoms with Gasteiger partial charge in [0.15, 0.2) is 11.5 Å². The number of likely N-dealkylation sites (tertiary alicyclic amines) is 1. The maximum Gasteiger partial charge on any atom is 0.231 e. The predicted octanol–water partition coefficient (Wildman–Crippen LogP) is 5.13. The van der Waals surface area contributed by atoms with Crippen molar-refractivity contribution in [2.45, 2.75) is 57.9 Å². The number of hydrogen-bond acceptors (Lipinski definition) is 4. The highest BCUT2D eigenvalue weighted by Crippen LogP contribution is 2.33. The quantitative estimate of drug-likeness (QED) is 0.598. The summed E-state index contributed by atoms with van der Waals surface area (Å²) in [7, 11) is 0. The number of hydrogen-bond donors (Lipinski definition) is 0. The van der Waals surface area contributed by atoms with Crippen LogP contribution in [0.5, 0.6) is 11.5 Å². The molecular formula is C22H36Cl2N2O2. The van der Waals surface area contributed by atoms with Crippen LogP contribution in [0.15, 0.2) is 18.2 Å². The van der Waals surface area contributed by atoms with Gasteiger partial charge in [-0.2, -0.15) is 0 Å². The normalized spacial score (nSPS) is 19.9. The van der Waals surface area contributed by atoms with Gasteiger partial charge in [0.25, 0.3) is 0 Å². The Kier molecular flexibility index (Phi) is 10.2. The van der Waals surface area contributed by atoms with Crippen molar-refractivity contribution < 1.29 is 9.47 Å². The molecule has 2 aliphatic heterocycles. The molecule has 1 aliphatic carbocycles. The second-order valence-corrected chi connectivity index (χ2v) is 8.33. The zero-order chi connectivity index (χ0) is 17.6. The van der Waals surface area contributed by atoms with Gasteiger partial charge in [-0.1, -0.05) is 31.7 Å². The van der Waals surface area contributed by atoms with Crippen molar-refractivity contribution in [3.8, 4) is 11.5 Å². The molecule has 0 atom stereocenters. The summed E-state index contributed by atoms with van der Waals surface area (Å²) in [5.74, 6) is 2.69. The van der Waals surface area contributed by atoms with Crippen molar-refractivity contribution in [1.29, 1.82) is 0 Å². The maximum atomic E-state index is 5.58. The van der Waals surface area contributed by atoms with Gasteiger partial charge in [-0.3, -0.25) is 4.90 Å². The number of fused-ring (bicyclic) bond motifs is 1. The molecule has 1 aromatic carbocycles. The number of ether oxygens (including phenoxy) is 2. The van der Waals surface area contributed by atoms with E-state index in [-0.39, 0.29) is 24.8 Å². The number of benzene rings is 1. The topological polar surface area (TPSA) is 24.9 Å². The van der Waals surface area contributed by atoms with Crippen molar-refractivity contribution in [2.24, 2.45) is 5.92 Å². The van der Waals surface area contributed by atoms with Gasteiger partial charge in [-0.25, -0.2) is 0 Å². The molecule has 160 valence electrons. The van der Waals surface area contributed by atoms with Gasteiger partial charge in [0.2, 0.25) is 6.79 Å². The second kappa shape index (κ2) is 12.1. The molecule has 4 nitrogen and oxygen atoms in total. The van der Waals surface area contributed by atoms with E-state index in [1.165, 1.54) is 89.7 Å². The fraction of sp³-hybridized carbons (Fsp3) is 0.727. The third-order valence-electron chi connectivity index (χ3n) is 6.27. The van der Waals surface area contributed by atoms with E-state index in [0.29, 0.717) is 6.79 Å². The summed E-state index contributed by atoms with van der Waals surface area (Å²) in [5.41, 5.74) is 1.35. The van der Waals surface area contributed by atoms with Gasteiger partial charge in [0.05, 0.1) is 0 Å². The fourth-order valence-corrected chi connectivity index (χ4v) is 4.73. The summed E-state index contributed by atoms with van der Waals surface area (Å²) >= 11 is 0. The molecule has 0 spiro atoms. The minimum Gasteiger partial charge on any atom is -0.454 e. The Hall–Kier alpha value is -0.680. The Labute approximate surface area is 182 Å². The first-order valence-corrected chi connectivity index (χ1v) is 10.7. The Morgan fingerprint density at radius 2 is 1.61 bits per heavy atom. The van der Waals surface area contributed by atoms with Gasteiger partial charge in [-0.15, -0.1) is 24.8 Å². The highest BCUT2D eigenvalue weighted by Gasteiger charge is 2.20. The van der Waals surface area contributed by atoms with Crippen LogP contribution in [-0.2, 0) is 6.54 Å². The molecule has 0 amide bonds. The van der Waals surface area contributed by atoms with Crippen molar-refractivity contribution in [3.05, 3.63) is 23.8 Å². The first-order chi connectivity index (χ1) is 12.9. The molecule has 0 radical (unpaired) electrons. The zero-order valence-corrected chi connectivity index (χ0v) is 18.6. The van der Waals surface area contributed by atoms with Crippen molar-refractivity contribution >= 4 is 24.8 Å². The molecule has 0 aromatic heterocycles. The van der Waals surface area contributed by atoms with Crippen molar-refractivity contribution in [3.63, 3.8) is 0 Å². The summed E-state index contributed by atoms with van der Waals surface area (Å²) in [6, 6.07) is 6.46. The highest BCUT2D eigenvalue weighted by atomic mass is 35.5. The lowest BCUT2D eigenvalue weighted by Gasteiger charge is -2.33. The lowest BCUT2D eigenvalue weighted by Crippen LogP contribution is -2.39. The first-order valence-electron chi connectivity index (χ1n) is 10.7. The van der Waals surface area contributed by atoms with Crippen molar-refractivity contribution in [2.75, 3.05) is 39.5 Å². The Morgan fingerprint density at radius 3 is 2.39 bits per heavy atom. The molecule has 0 N–H and O–H groups in total. The van der Waals surface area contributed by atoms with E-state index in [1.54, 1.807) is 0 Å². The van der Waals surface area contributed by atoms with E-state index in [2.05, 4.69) is 28.0 Å². The molecule has 1 saturated carbocycles. The van der Waals surface area contributed by atoms with Crippen LogP contribution in [0.25, 0.3) is 0 Å². The Balaban J connectivity index is 0.00000140. The van der Waals surface area contributed by atoms with Crippen LogP contribution in [0.3, 0.4) is 0 Å². The summed E-state index contributed by atoms with van der Waals surface area (Å²) in [4.78, 5) is 5.36. The summed E-state index contributed by atoms with van der Waals surface area (Å²) < 4.78 is 11.0. The third kappa shape index (κ3) is 6.69. The van der Waals surface area contributed by atoms with Crippen LogP contribution in [0.2, 0.25) is 0 Å². The molecule has 2 heterocycles. The Bertz CT molecular complexity index is 576. The van der Waals surface area contributed by atoms with Gasteiger partial charge in [0.1, 0.15) is 0 Å².